The van der Waals surface area contributed by atoms with Crippen molar-refractivity contribution in [2.24, 2.45) is 23.5 Å². The molecule has 4 atom stereocenters. The summed E-state index contributed by atoms with van der Waals surface area (Å²) < 4.78 is 0. The van der Waals surface area contributed by atoms with Gasteiger partial charge in [0.05, 0.1) is 0 Å². The second-order valence-electron chi connectivity index (χ2n) is 5.61. The van der Waals surface area contributed by atoms with Gasteiger partial charge in [-0.05, 0) is 38.0 Å². The average molecular weight is 240 g/mol. The van der Waals surface area contributed by atoms with Crippen LogP contribution in [0, 0.1) is 17.8 Å². The molecule has 1 rings (SSSR count). The molecule has 2 N–H and O–H groups in total. The van der Waals surface area contributed by atoms with Crippen LogP contribution in [0.3, 0.4) is 0 Å². The molecule has 0 heterocycles. The van der Waals surface area contributed by atoms with Gasteiger partial charge in [-0.1, -0.05) is 20.8 Å². The van der Waals surface area contributed by atoms with Crippen molar-refractivity contribution in [2.75, 3.05) is 13.1 Å². The summed E-state index contributed by atoms with van der Waals surface area (Å²) >= 11 is 0. The minimum atomic E-state index is 0.146. The number of rotatable bonds is 4. The second kappa shape index (κ2) is 6.39. The van der Waals surface area contributed by atoms with Crippen LogP contribution < -0.4 is 5.73 Å². The second-order valence-corrected chi connectivity index (χ2v) is 5.61. The van der Waals surface area contributed by atoms with E-state index in [4.69, 9.17) is 5.73 Å². The predicted octanol–water partition coefficient (Wildman–Crippen LogP) is 2.25. The summed E-state index contributed by atoms with van der Waals surface area (Å²) in [6, 6.07) is 0.195. The summed E-state index contributed by atoms with van der Waals surface area (Å²) in [5, 5.41) is 0. The molecular formula is C14H28N2O. The van der Waals surface area contributed by atoms with Gasteiger partial charge in [-0.15, -0.1) is 0 Å². The number of carbonyl (C=O) groups is 1. The first-order valence-corrected chi connectivity index (χ1v) is 7.05. The van der Waals surface area contributed by atoms with Gasteiger partial charge in [0.15, 0.2) is 0 Å². The monoisotopic (exact) mass is 240 g/mol. The van der Waals surface area contributed by atoms with Gasteiger partial charge >= 0.3 is 0 Å². The largest absolute Gasteiger partial charge is 0.343 e. The fourth-order valence-corrected chi connectivity index (χ4v) is 2.96. The van der Waals surface area contributed by atoms with Crippen LogP contribution in [0.25, 0.3) is 0 Å². The lowest BCUT2D eigenvalue weighted by molar-refractivity contribution is -0.138. The van der Waals surface area contributed by atoms with E-state index < -0.39 is 0 Å². The Hall–Kier alpha value is -0.570. The summed E-state index contributed by atoms with van der Waals surface area (Å²) in [5.41, 5.74) is 6.11. The van der Waals surface area contributed by atoms with Crippen LogP contribution in [0.5, 0.6) is 0 Å². The molecule has 1 amide bonds. The highest BCUT2D eigenvalue weighted by Crippen LogP contribution is 2.34. The fraction of sp³-hybridized carbons (Fsp3) is 0.929. The number of nitrogens with two attached hydrogens (primary N) is 1. The summed E-state index contributed by atoms with van der Waals surface area (Å²) in [6.07, 6.45) is 2.98. The van der Waals surface area contributed by atoms with Crippen molar-refractivity contribution in [3.8, 4) is 0 Å². The third kappa shape index (κ3) is 3.44. The SMILES string of the molecule is CCCN(CC)C(=O)C1CC(N)C(C)CC1C. The van der Waals surface area contributed by atoms with Gasteiger partial charge in [-0.25, -0.2) is 0 Å². The Morgan fingerprint density at radius 2 is 1.88 bits per heavy atom. The Morgan fingerprint density at radius 3 is 2.41 bits per heavy atom. The summed E-state index contributed by atoms with van der Waals surface area (Å²) in [5.74, 6) is 1.50. The summed E-state index contributed by atoms with van der Waals surface area (Å²) in [6.45, 7) is 10.3. The van der Waals surface area contributed by atoms with E-state index in [1.165, 1.54) is 0 Å². The smallest absolute Gasteiger partial charge is 0.225 e. The van der Waals surface area contributed by atoms with E-state index in [-0.39, 0.29) is 12.0 Å². The van der Waals surface area contributed by atoms with Crippen LogP contribution in [0.2, 0.25) is 0 Å². The first-order valence-electron chi connectivity index (χ1n) is 7.05. The Labute approximate surface area is 106 Å². The molecule has 0 aliphatic heterocycles. The molecule has 0 radical (unpaired) electrons. The Morgan fingerprint density at radius 1 is 1.24 bits per heavy atom. The number of amides is 1. The molecule has 17 heavy (non-hydrogen) atoms. The maximum atomic E-state index is 12.5. The van der Waals surface area contributed by atoms with E-state index in [1.54, 1.807) is 0 Å². The molecule has 0 saturated heterocycles. The third-order valence-corrected chi connectivity index (χ3v) is 4.19. The van der Waals surface area contributed by atoms with Crippen molar-refractivity contribution >= 4 is 5.91 Å². The Bertz CT molecular complexity index is 255. The molecule has 0 spiro atoms. The fourth-order valence-electron chi connectivity index (χ4n) is 2.96. The highest BCUT2D eigenvalue weighted by Gasteiger charge is 2.36. The zero-order valence-electron chi connectivity index (χ0n) is 11.8. The lowest BCUT2D eigenvalue weighted by Gasteiger charge is -2.38. The molecule has 3 nitrogen and oxygen atoms in total. The normalized spacial score (nSPS) is 33.5. The van der Waals surface area contributed by atoms with Crippen molar-refractivity contribution in [2.45, 2.75) is 53.0 Å². The number of hydrogen-bond donors (Lipinski definition) is 1. The standard InChI is InChI=1S/C14H28N2O/c1-5-7-16(6-2)14(17)12-9-13(15)11(4)8-10(12)3/h10-13H,5-9,15H2,1-4H3. The van der Waals surface area contributed by atoms with E-state index in [9.17, 15) is 4.79 Å². The van der Waals surface area contributed by atoms with E-state index in [0.717, 1.165) is 32.4 Å². The molecular weight excluding hydrogens is 212 g/mol. The molecule has 1 fully saturated rings. The van der Waals surface area contributed by atoms with Gasteiger partial charge in [0.25, 0.3) is 0 Å². The van der Waals surface area contributed by atoms with Crippen LogP contribution in [0.1, 0.15) is 47.0 Å². The van der Waals surface area contributed by atoms with Crippen LogP contribution in [-0.4, -0.2) is 29.9 Å². The van der Waals surface area contributed by atoms with Crippen LogP contribution in [0.4, 0.5) is 0 Å². The lowest BCUT2D eigenvalue weighted by atomic mass is 9.72. The molecule has 4 unspecified atom stereocenters. The van der Waals surface area contributed by atoms with Crippen LogP contribution >= 0.6 is 0 Å². The van der Waals surface area contributed by atoms with Gasteiger partial charge in [0, 0.05) is 25.0 Å². The van der Waals surface area contributed by atoms with Crippen LogP contribution in [-0.2, 0) is 4.79 Å². The lowest BCUT2D eigenvalue weighted by Crippen LogP contribution is -2.46. The maximum Gasteiger partial charge on any atom is 0.225 e. The minimum absolute atomic E-state index is 0.146. The first kappa shape index (κ1) is 14.5. The Balaban J connectivity index is 2.67. The highest BCUT2D eigenvalue weighted by molar-refractivity contribution is 5.79. The van der Waals surface area contributed by atoms with Gasteiger partial charge in [-0.2, -0.15) is 0 Å². The average Bonchev–Trinajstić information content (AvgIpc) is 2.30. The van der Waals surface area contributed by atoms with E-state index >= 15 is 0 Å². The number of hydrogen-bond acceptors (Lipinski definition) is 2. The van der Waals surface area contributed by atoms with Crippen molar-refractivity contribution in [1.29, 1.82) is 0 Å². The van der Waals surface area contributed by atoms with Crippen LogP contribution in [0.15, 0.2) is 0 Å². The zero-order valence-corrected chi connectivity index (χ0v) is 11.8. The molecule has 3 heteroatoms. The van der Waals surface area contributed by atoms with E-state index in [2.05, 4.69) is 27.7 Å². The topological polar surface area (TPSA) is 46.3 Å². The van der Waals surface area contributed by atoms with Crippen molar-refractivity contribution in [1.82, 2.24) is 4.90 Å². The van der Waals surface area contributed by atoms with E-state index in [1.807, 2.05) is 4.90 Å². The first-order chi connectivity index (χ1) is 8.01. The zero-order chi connectivity index (χ0) is 13.0. The van der Waals surface area contributed by atoms with Gasteiger partial charge in [0.2, 0.25) is 5.91 Å². The van der Waals surface area contributed by atoms with Crippen molar-refractivity contribution in [3.63, 3.8) is 0 Å². The summed E-state index contributed by atoms with van der Waals surface area (Å²) in [4.78, 5) is 14.4. The molecule has 1 aliphatic carbocycles. The van der Waals surface area contributed by atoms with Gasteiger partial charge in [-0.3, -0.25) is 4.79 Å². The molecule has 0 aromatic rings. The molecule has 1 saturated carbocycles. The third-order valence-electron chi connectivity index (χ3n) is 4.19. The van der Waals surface area contributed by atoms with Gasteiger partial charge in [0.1, 0.15) is 0 Å². The number of carbonyl (C=O) groups excluding carboxylic acids is 1. The predicted molar refractivity (Wildman–Crippen MR) is 71.6 cm³/mol. The Kier molecular flexibility index (Phi) is 5.44. The molecule has 1 aliphatic rings. The summed E-state index contributed by atoms with van der Waals surface area (Å²) in [7, 11) is 0. The molecule has 0 aromatic carbocycles. The van der Waals surface area contributed by atoms with E-state index in [0.29, 0.717) is 17.7 Å². The molecule has 0 aromatic heterocycles. The van der Waals surface area contributed by atoms with Crippen molar-refractivity contribution in [3.05, 3.63) is 0 Å². The molecule has 0 bridgehead atoms. The highest BCUT2D eigenvalue weighted by atomic mass is 16.2. The maximum absolute atomic E-state index is 12.5. The van der Waals surface area contributed by atoms with Gasteiger partial charge < -0.3 is 10.6 Å². The quantitative estimate of drug-likeness (QED) is 0.819. The minimum Gasteiger partial charge on any atom is -0.343 e. The molecule has 100 valence electrons. The number of nitrogens with zero attached hydrogens (tertiary/aromatic N) is 1. The van der Waals surface area contributed by atoms with Crippen molar-refractivity contribution < 1.29 is 4.79 Å².